The molecule has 0 radical (unpaired) electrons. The number of alkyl halides is 1. The molecule has 0 heterocycles. The second-order valence-electron chi connectivity index (χ2n) is 1.10. The summed E-state index contributed by atoms with van der Waals surface area (Å²) in [6, 6.07) is 0. The van der Waals surface area contributed by atoms with Crippen molar-refractivity contribution in [3.05, 3.63) is 0 Å². The summed E-state index contributed by atoms with van der Waals surface area (Å²) in [6.07, 6.45) is 0.726. The molecule has 9 heavy (non-hydrogen) atoms. The van der Waals surface area contributed by atoms with E-state index in [-0.39, 0.29) is 36.2 Å². The van der Waals surface area contributed by atoms with Crippen molar-refractivity contribution >= 4 is 56.5 Å². The van der Waals surface area contributed by atoms with Crippen LogP contribution in [0.1, 0.15) is 6.42 Å². The van der Waals surface area contributed by atoms with Crippen LogP contribution in [0.4, 0.5) is 0 Å². The van der Waals surface area contributed by atoms with Crippen molar-refractivity contribution in [3.8, 4) is 0 Å². The monoisotopic (exact) mass is 226 g/mol. The minimum atomic E-state index is -2.63. The van der Waals surface area contributed by atoms with Gasteiger partial charge in [0.2, 0.25) is 0 Å². The van der Waals surface area contributed by atoms with Gasteiger partial charge in [-0.05, 0) is 6.42 Å². The third-order valence-corrected chi connectivity index (χ3v) is 1.43. The van der Waals surface area contributed by atoms with E-state index < -0.39 is 11.0 Å². The fourth-order valence-electron chi connectivity index (χ4n) is 0.194. The molecule has 0 unspecified atom stereocenters. The zero-order valence-corrected chi connectivity index (χ0v) is 6.65. The topological polar surface area (TPSA) is 43.4 Å². The number of hydrogen-bond acceptors (Lipinski definition) is 3. The van der Waals surface area contributed by atoms with E-state index in [0.717, 1.165) is 11.8 Å². The molecule has 0 saturated heterocycles. The van der Waals surface area contributed by atoms with E-state index in [4.69, 9.17) is 0 Å². The van der Waals surface area contributed by atoms with Gasteiger partial charge in [-0.2, -0.15) is 0 Å². The third kappa shape index (κ3) is 12.6. The van der Waals surface area contributed by atoms with Crippen LogP contribution in [0.25, 0.3) is 0 Å². The standard InChI is InChI=1S/C3H7BrO3S.Na.H/c4-2-1-3-7-8(5)6;;/h8H,1-3H2;;. The van der Waals surface area contributed by atoms with Crippen LogP contribution in [0.15, 0.2) is 0 Å². The SMILES string of the molecule is O=[SH](=O)OCCCBr.[NaH]. The van der Waals surface area contributed by atoms with Crippen LogP contribution >= 0.6 is 15.9 Å². The Hall–Kier alpha value is 1.39. The predicted molar refractivity (Wildman–Crippen MR) is 41.8 cm³/mol. The Morgan fingerprint density at radius 3 is 2.33 bits per heavy atom. The average Bonchev–Trinajstić information content (AvgIpc) is 1.66. The molecule has 0 amide bonds. The van der Waals surface area contributed by atoms with Crippen LogP contribution in [-0.4, -0.2) is 49.9 Å². The Labute approximate surface area is 86.7 Å². The quantitative estimate of drug-likeness (QED) is 0.309. The number of hydrogen-bond donors (Lipinski definition) is 1. The van der Waals surface area contributed by atoms with Gasteiger partial charge >= 0.3 is 29.6 Å². The van der Waals surface area contributed by atoms with Gasteiger partial charge in [-0.3, -0.25) is 4.18 Å². The van der Waals surface area contributed by atoms with E-state index in [0.29, 0.717) is 0 Å². The summed E-state index contributed by atoms with van der Waals surface area (Å²) in [5.41, 5.74) is 0. The molecule has 0 aliphatic heterocycles. The molecule has 0 fully saturated rings. The first-order valence-corrected chi connectivity index (χ1v) is 4.32. The van der Waals surface area contributed by atoms with Gasteiger partial charge in [0.1, 0.15) is 0 Å². The molecule has 0 rings (SSSR count). The summed E-state index contributed by atoms with van der Waals surface area (Å²) >= 11 is 3.12. The number of thiol groups is 1. The summed E-state index contributed by atoms with van der Waals surface area (Å²) in [4.78, 5) is 0. The fraction of sp³-hybridized carbons (Fsp3) is 1.00. The summed E-state index contributed by atoms with van der Waals surface area (Å²) in [5.74, 6) is 0. The Bertz CT molecular complexity index is 108. The summed E-state index contributed by atoms with van der Waals surface area (Å²) in [7, 11) is -2.63. The molecular weight excluding hydrogens is 219 g/mol. The van der Waals surface area contributed by atoms with Gasteiger partial charge in [-0.25, -0.2) is 8.42 Å². The summed E-state index contributed by atoms with van der Waals surface area (Å²) < 4.78 is 23.6. The zero-order valence-electron chi connectivity index (χ0n) is 4.17. The maximum absolute atomic E-state index is 9.67. The van der Waals surface area contributed by atoms with Crippen LogP contribution in [0, 0.1) is 0 Å². The second-order valence-corrected chi connectivity index (χ2v) is 2.60. The first-order valence-electron chi connectivity index (χ1n) is 2.10. The first-order chi connectivity index (χ1) is 3.77. The molecule has 0 N–H and O–H groups in total. The van der Waals surface area contributed by atoms with Crippen molar-refractivity contribution in [2.45, 2.75) is 6.42 Å². The minimum absolute atomic E-state index is 0. The van der Waals surface area contributed by atoms with E-state index in [1.807, 2.05) is 0 Å². The molecular formula is C3H8BrNaO3S. The molecule has 0 aromatic rings. The van der Waals surface area contributed by atoms with E-state index in [1.165, 1.54) is 0 Å². The van der Waals surface area contributed by atoms with Gasteiger partial charge in [0.15, 0.2) is 0 Å². The second kappa shape index (κ2) is 9.39. The van der Waals surface area contributed by atoms with Gasteiger partial charge in [0.25, 0.3) is 11.0 Å². The van der Waals surface area contributed by atoms with Gasteiger partial charge in [-0.15, -0.1) is 0 Å². The zero-order chi connectivity index (χ0) is 6.41. The van der Waals surface area contributed by atoms with Gasteiger partial charge in [0, 0.05) is 5.33 Å². The van der Waals surface area contributed by atoms with Gasteiger partial charge < -0.3 is 0 Å². The molecule has 0 atom stereocenters. The van der Waals surface area contributed by atoms with Crippen LogP contribution in [0.5, 0.6) is 0 Å². The molecule has 6 heteroatoms. The molecule has 3 nitrogen and oxygen atoms in total. The van der Waals surface area contributed by atoms with E-state index >= 15 is 0 Å². The summed E-state index contributed by atoms with van der Waals surface area (Å²) in [6.45, 7) is 0.282. The van der Waals surface area contributed by atoms with Crippen LogP contribution in [-0.2, 0) is 15.2 Å². The van der Waals surface area contributed by atoms with Crippen molar-refractivity contribution in [1.82, 2.24) is 0 Å². The van der Waals surface area contributed by atoms with Crippen molar-refractivity contribution in [2.75, 3.05) is 11.9 Å². The van der Waals surface area contributed by atoms with Crippen molar-refractivity contribution < 1.29 is 12.6 Å². The molecule has 0 saturated carbocycles. The number of halogens is 1. The van der Waals surface area contributed by atoms with Crippen molar-refractivity contribution in [3.63, 3.8) is 0 Å². The Morgan fingerprint density at radius 1 is 1.44 bits per heavy atom. The maximum atomic E-state index is 9.67. The first kappa shape index (κ1) is 13.0. The van der Waals surface area contributed by atoms with E-state index in [9.17, 15) is 8.42 Å². The van der Waals surface area contributed by atoms with Crippen molar-refractivity contribution in [2.24, 2.45) is 0 Å². The molecule has 0 bridgehead atoms. The van der Waals surface area contributed by atoms with Crippen LogP contribution < -0.4 is 0 Å². The molecule has 0 aliphatic rings. The Morgan fingerprint density at radius 2 is 2.00 bits per heavy atom. The summed E-state index contributed by atoms with van der Waals surface area (Å²) in [5, 5.41) is 0.774. The average molecular weight is 227 g/mol. The predicted octanol–water partition coefficient (Wildman–Crippen LogP) is -0.334. The normalized spacial score (nSPS) is 9.11. The Balaban J connectivity index is 0. The van der Waals surface area contributed by atoms with E-state index in [1.54, 1.807) is 0 Å². The molecule has 0 aliphatic carbocycles. The molecule has 52 valence electrons. The molecule has 0 spiro atoms. The molecule has 0 aromatic carbocycles. The fourth-order valence-corrected chi connectivity index (χ4v) is 0.701. The van der Waals surface area contributed by atoms with Crippen LogP contribution in [0.2, 0.25) is 0 Å². The van der Waals surface area contributed by atoms with Crippen LogP contribution in [0.3, 0.4) is 0 Å². The Kier molecular flexibility index (Phi) is 13.6. The van der Waals surface area contributed by atoms with E-state index in [2.05, 4.69) is 20.1 Å². The molecule has 0 aromatic heterocycles. The van der Waals surface area contributed by atoms with Gasteiger partial charge in [-0.1, -0.05) is 15.9 Å². The van der Waals surface area contributed by atoms with Crippen molar-refractivity contribution in [1.29, 1.82) is 0 Å². The third-order valence-electron chi connectivity index (χ3n) is 0.475. The number of rotatable bonds is 4. The van der Waals surface area contributed by atoms with Gasteiger partial charge in [0.05, 0.1) is 6.61 Å².